The molecule has 0 unspecified atom stereocenters. The van der Waals surface area contributed by atoms with Gasteiger partial charge in [-0.15, -0.1) is 13.2 Å². The molecule has 0 radical (unpaired) electrons. The third kappa shape index (κ3) is 4.04. The maximum atomic E-state index is 11.7. The van der Waals surface area contributed by atoms with Gasteiger partial charge in [0, 0.05) is 24.7 Å². The van der Waals surface area contributed by atoms with E-state index in [0.717, 1.165) is 25.0 Å². The van der Waals surface area contributed by atoms with Crippen LogP contribution in [-0.2, 0) is 6.54 Å². The maximum Gasteiger partial charge on any atom is 0.251 e. The van der Waals surface area contributed by atoms with E-state index in [2.05, 4.69) is 41.0 Å². The zero-order valence-corrected chi connectivity index (χ0v) is 13.5. The van der Waals surface area contributed by atoms with Crippen LogP contribution < -0.4 is 5.56 Å². The van der Waals surface area contributed by atoms with Crippen molar-refractivity contribution in [2.75, 3.05) is 0 Å². The number of aryl methyl sites for hydroxylation is 1. The number of hydrogen-bond donors (Lipinski definition) is 1. The van der Waals surface area contributed by atoms with Crippen LogP contribution in [0.5, 0.6) is 0 Å². The number of H-pyrrole nitrogens is 1. The van der Waals surface area contributed by atoms with E-state index < -0.39 is 0 Å². The highest BCUT2D eigenvalue weighted by molar-refractivity contribution is 5.15. The molecule has 0 bridgehead atoms. The van der Waals surface area contributed by atoms with E-state index in [-0.39, 0.29) is 5.56 Å². The first-order valence-corrected chi connectivity index (χ1v) is 7.75. The van der Waals surface area contributed by atoms with Gasteiger partial charge in [0.25, 0.3) is 5.56 Å². The lowest BCUT2D eigenvalue weighted by molar-refractivity contribution is 0.136. The summed E-state index contributed by atoms with van der Waals surface area (Å²) in [6.07, 6.45) is 9.09. The minimum atomic E-state index is -0.0910. The molecular weight excluding hydrogens is 274 g/mol. The summed E-state index contributed by atoms with van der Waals surface area (Å²) in [7, 11) is 0. The first-order valence-electron chi connectivity index (χ1n) is 7.75. The van der Waals surface area contributed by atoms with E-state index in [0.29, 0.717) is 24.5 Å². The molecule has 2 heterocycles. The van der Waals surface area contributed by atoms with Crippen molar-refractivity contribution in [3.8, 4) is 0 Å². The first-order chi connectivity index (χ1) is 10.5. The van der Waals surface area contributed by atoms with Gasteiger partial charge in [-0.25, -0.2) is 4.98 Å². The highest BCUT2D eigenvalue weighted by atomic mass is 16.1. The largest absolute Gasteiger partial charge is 0.311 e. The second kappa shape index (κ2) is 7.36. The molecule has 0 saturated carbocycles. The Morgan fingerprint density at radius 2 is 2.09 bits per heavy atom. The molecule has 118 valence electrons. The Kier molecular flexibility index (Phi) is 5.50. The van der Waals surface area contributed by atoms with Crippen LogP contribution in [0.3, 0.4) is 0 Å². The molecule has 0 saturated heterocycles. The third-order valence-electron chi connectivity index (χ3n) is 4.03. The predicted molar refractivity (Wildman–Crippen MR) is 90.7 cm³/mol. The Hall–Kier alpha value is -1.94. The normalized spacial score (nSPS) is 22.2. The lowest BCUT2D eigenvalue weighted by Crippen LogP contribution is -2.44. The van der Waals surface area contributed by atoms with Gasteiger partial charge < -0.3 is 4.98 Å². The molecule has 2 atom stereocenters. The minimum Gasteiger partial charge on any atom is -0.311 e. The topological polar surface area (TPSA) is 49.0 Å². The zero-order valence-electron chi connectivity index (χ0n) is 13.5. The average molecular weight is 299 g/mol. The molecular formula is C18H25N3O. The Morgan fingerprint density at radius 1 is 1.36 bits per heavy atom. The summed E-state index contributed by atoms with van der Waals surface area (Å²) in [5.74, 6) is 0.659. The van der Waals surface area contributed by atoms with E-state index in [4.69, 9.17) is 0 Å². The quantitative estimate of drug-likeness (QED) is 0.821. The van der Waals surface area contributed by atoms with E-state index in [1.807, 2.05) is 19.1 Å². The summed E-state index contributed by atoms with van der Waals surface area (Å²) in [4.78, 5) is 21.2. The molecule has 0 aromatic carbocycles. The van der Waals surface area contributed by atoms with E-state index in [1.54, 1.807) is 6.07 Å². The highest BCUT2D eigenvalue weighted by Gasteiger charge is 2.28. The van der Waals surface area contributed by atoms with Gasteiger partial charge >= 0.3 is 0 Å². The predicted octanol–water partition coefficient (Wildman–Crippen LogP) is 3.12. The summed E-state index contributed by atoms with van der Waals surface area (Å²) < 4.78 is 0. The van der Waals surface area contributed by atoms with Gasteiger partial charge in [0.05, 0.1) is 5.69 Å². The maximum absolute atomic E-state index is 11.7. The summed E-state index contributed by atoms with van der Waals surface area (Å²) >= 11 is 0. The summed E-state index contributed by atoms with van der Waals surface area (Å²) in [5.41, 5.74) is 2.13. The van der Waals surface area contributed by atoms with Crippen molar-refractivity contribution in [3.05, 3.63) is 64.9 Å². The molecule has 0 spiro atoms. The Bertz CT molecular complexity index is 629. The smallest absolute Gasteiger partial charge is 0.251 e. The standard InChI is InChI=1S/C18H25N3O/c1-5-7-16-9-13(3)10-17(8-6-2)21(16)12-15-11-18(22)20-14(4)19-15/h5-6,9,11,16-17H,1-2,7-8,10,12H2,3-4H3,(H,19,20,22)/t16-,17-/m0/s1. The highest BCUT2D eigenvalue weighted by Crippen LogP contribution is 2.28. The van der Waals surface area contributed by atoms with Crippen LogP contribution in [0.1, 0.15) is 37.7 Å². The van der Waals surface area contributed by atoms with Crippen molar-refractivity contribution in [3.63, 3.8) is 0 Å². The van der Waals surface area contributed by atoms with Crippen molar-refractivity contribution < 1.29 is 0 Å². The van der Waals surface area contributed by atoms with Crippen LogP contribution in [0.15, 0.2) is 47.8 Å². The van der Waals surface area contributed by atoms with Crippen LogP contribution >= 0.6 is 0 Å². The Labute approximate surface area is 132 Å². The van der Waals surface area contributed by atoms with Gasteiger partial charge in [-0.3, -0.25) is 9.69 Å². The van der Waals surface area contributed by atoms with Gasteiger partial charge in [0.2, 0.25) is 0 Å². The lowest BCUT2D eigenvalue weighted by Gasteiger charge is -2.40. The first kappa shape index (κ1) is 16.4. The minimum absolute atomic E-state index is 0.0910. The van der Waals surface area contributed by atoms with Crippen LogP contribution in [0.2, 0.25) is 0 Å². The number of aromatic nitrogens is 2. The molecule has 1 aromatic heterocycles. The van der Waals surface area contributed by atoms with Gasteiger partial charge in [0.15, 0.2) is 0 Å². The van der Waals surface area contributed by atoms with Crippen molar-refractivity contribution in [1.29, 1.82) is 0 Å². The van der Waals surface area contributed by atoms with E-state index in [1.165, 1.54) is 5.57 Å². The van der Waals surface area contributed by atoms with E-state index in [9.17, 15) is 4.79 Å². The molecule has 1 N–H and O–H groups in total. The molecule has 4 heteroatoms. The second-order valence-electron chi connectivity index (χ2n) is 5.98. The molecule has 0 fully saturated rings. The molecule has 1 aromatic rings. The molecule has 2 rings (SSSR count). The molecule has 0 amide bonds. The van der Waals surface area contributed by atoms with Crippen LogP contribution in [-0.4, -0.2) is 27.0 Å². The van der Waals surface area contributed by atoms with Crippen molar-refractivity contribution >= 4 is 0 Å². The monoisotopic (exact) mass is 299 g/mol. The molecule has 22 heavy (non-hydrogen) atoms. The second-order valence-corrected chi connectivity index (χ2v) is 5.98. The summed E-state index contributed by atoms with van der Waals surface area (Å²) in [5, 5.41) is 0. The zero-order chi connectivity index (χ0) is 16.1. The van der Waals surface area contributed by atoms with E-state index >= 15 is 0 Å². The van der Waals surface area contributed by atoms with Crippen molar-refractivity contribution in [1.82, 2.24) is 14.9 Å². The molecule has 0 aliphatic carbocycles. The van der Waals surface area contributed by atoms with Gasteiger partial charge in [-0.2, -0.15) is 0 Å². The van der Waals surface area contributed by atoms with Crippen LogP contribution in [0, 0.1) is 6.92 Å². The van der Waals surface area contributed by atoms with Crippen molar-refractivity contribution in [2.45, 2.75) is 51.7 Å². The molecule has 1 aliphatic rings. The van der Waals surface area contributed by atoms with Crippen molar-refractivity contribution in [2.24, 2.45) is 0 Å². The number of hydrogen-bond acceptors (Lipinski definition) is 3. The van der Waals surface area contributed by atoms with Crippen LogP contribution in [0.25, 0.3) is 0 Å². The fourth-order valence-corrected chi connectivity index (χ4v) is 3.19. The van der Waals surface area contributed by atoms with Gasteiger partial charge in [-0.05, 0) is 33.1 Å². The van der Waals surface area contributed by atoms with Gasteiger partial charge in [0.1, 0.15) is 5.82 Å². The number of nitrogens with one attached hydrogen (secondary N) is 1. The average Bonchev–Trinajstić information content (AvgIpc) is 2.42. The fourth-order valence-electron chi connectivity index (χ4n) is 3.19. The Morgan fingerprint density at radius 3 is 2.73 bits per heavy atom. The fraction of sp³-hybridized carbons (Fsp3) is 0.444. The molecule has 1 aliphatic heterocycles. The summed E-state index contributed by atoms with van der Waals surface area (Å²) in [6, 6.07) is 2.29. The Balaban J connectivity index is 2.30. The van der Waals surface area contributed by atoms with Crippen LogP contribution in [0.4, 0.5) is 0 Å². The van der Waals surface area contributed by atoms with Gasteiger partial charge in [-0.1, -0.05) is 23.8 Å². The molecule has 4 nitrogen and oxygen atoms in total. The summed E-state index contributed by atoms with van der Waals surface area (Å²) in [6.45, 7) is 12.4. The SMILES string of the molecule is C=CC[C@H]1CC(C)=C[C@H](CC=C)N1Cc1cc(=O)[nH]c(C)n1. The number of aromatic amines is 1. The third-order valence-corrected chi connectivity index (χ3v) is 4.03. The number of rotatable bonds is 6. The lowest BCUT2D eigenvalue weighted by atomic mass is 9.92. The number of nitrogens with zero attached hydrogens (tertiary/aromatic N) is 2.